The van der Waals surface area contributed by atoms with Crippen molar-refractivity contribution in [3.8, 4) is 11.3 Å². The number of hydrogen-bond donors (Lipinski definition) is 4. The SMILES string of the molecule is CCNc1ncnc(-c2cccnc2Nc2c(F)ccc(NS(=O)(=O)c3ccc(Cl)cc3)c2F)c1N. The van der Waals surface area contributed by atoms with E-state index in [1.54, 1.807) is 12.1 Å². The maximum atomic E-state index is 15.4. The van der Waals surface area contributed by atoms with Gasteiger partial charge in [0.1, 0.15) is 35.0 Å². The van der Waals surface area contributed by atoms with Crippen LogP contribution >= 0.6 is 11.6 Å². The van der Waals surface area contributed by atoms with Gasteiger partial charge in [0.25, 0.3) is 10.0 Å². The van der Waals surface area contributed by atoms with Crippen molar-refractivity contribution >= 4 is 50.3 Å². The Morgan fingerprint density at radius 3 is 2.47 bits per heavy atom. The fraction of sp³-hybridized carbons (Fsp3) is 0.0870. The summed E-state index contributed by atoms with van der Waals surface area (Å²) in [6.45, 7) is 2.44. The van der Waals surface area contributed by atoms with Crippen LogP contribution in [0, 0.1) is 11.6 Å². The second-order valence-corrected chi connectivity index (χ2v) is 9.50. The minimum absolute atomic E-state index is 0.0425. The number of nitrogens with zero attached hydrogens (tertiary/aromatic N) is 3. The van der Waals surface area contributed by atoms with Crippen LogP contribution < -0.4 is 21.1 Å². The number of hydrogen-bond acceptors (Lipinski definition) is 8. The molecule has 0 saturated heterocycles. The van der Waals surface area contributed by atoms with E-state index in [0.717, 1.165) is 12.1 Å². The molecule has 0 amide bonds. The predicted molar refractivity (Wildman–Crippen MR) is 136 cm³/mol. The number of rotatable bonds is 8. The van der Waals surface area contributed by atoms with E-state index in [4.69, 9.17) is 17.3 Å². The molecular formula is C23H20ClF2N7O2S. The highest BCUT2D eigenvalue weighted by atomic mass is 35.5. The summed E-state index contributed by atoms with van der Waals surface area (Å²) in [5, 5.41) is 5.95. The van der Waals surface area contributed by atoms with Gasteiger partial charge in [0, 0.05) is 23.3 Å². The summed E-state index contributed by atoms with van der Waals surface area (Å²) in [5.41, 5.74) is 5.98. The molecule has 2 aromatic heterocycles. The van der Waals surface area contributed by atoms with E-state index in [-0.39, 0.29) is 22.1 Å². The molecule has 0 bridgehead atoms. The number of nitrogens with one attached hydrogen (secondary N) is 3. The van der Waals surface area contributed by atoms with Gasteiger partial charge in [-0.25, -0.2) is 32.2 Å². The number of anilines is 5. The van der Waals surface area contributed by atoms with E-state index >= 15 is 4.39 Å². The van der Waals surface area contributed by atoms with Crippen LogP contribution in [0.15, 0.2) is 66.0 Å². The molecule has 0 fully saturated rings. The normalized spacial score (nSPS) is 11.2. The van der Waals surface area contributed by atoms with E-state index in [2.05, 4.69) is 30.3 Å². The van der Waals surface area contributed by atoms with Crippen molar-refractivity contribution in [1.29, 1.82) is 0 Å². The van der Waals surface area contributed by atoms with Gasteiger partial charge >= 0.3 is 0 Å². The zero-order valence-electron chi connectivity index (χ0n) is 18.8. The topological polar surface area (TPSA) is 135 Å². The number of pyridine rings is 1. The van der Waals surface area contributed by atoms with Crippen LogP contribution in [0.3, 0.4) is 0 Å². The highest BCUT2D eigenvalue weighted by molar-refractivity contribution is 7.92. The zero-order valence-corrected chi connectivity index (χ0v) is 20.3. The van der Waals surface area contributed by atoms with Crippen molar-refractivity contribution in [2.24, 2.45) is 0 Å². The van der Waals surface area contributed by atoms with Crippen molar-refractivity contribution in [3.63, 3.8) is 0 Å². The maximum absolute atomic E-state index is 15.4. The van der Waals surface area contributed by atoms with Gasteiger partial charge in [0.05, 0.1) is 10.6 Å². The molecule has 0 spiro atoms. The van der Waals surface area contributed by atoms with Crippen LogP contribution in [0.2, 0.25) is 5.02 Å². The van der Waals surface area contributed by atoms with Crippen molar-refractivity contribution in [2.45, 2.75) is 11.8 Å². The van der Waals surface area contributed by atoms with Crippen LogP contribution in [0.4, 0.5) is 37.5 Å². The highest BCUT2D eigenvalue weighted by Gasteiger charge is 2.22. The van der Waals surface area contributed by atoms with Crippen molar-refractivity contribution in [2.75, 3.05) is 27.6 Å². The summed E-state index contributed by atoms with van der Waals surface area (Å²) in [5.74, 6) is -1.70. The monoisotopic (exact) mass is 531 g/mol. The smallest absolute Gasteiger partial charge is 0.261 e. The van der Waals surface area contributed by atoms with Crippen LogP contribution in [-0.4, -0.2) is 29.9 Å². The lowest BCUT2D eigenvalue weighted by Gasteiger charge is -2.16. The summed E-state index contributed by atoms with van der Waals surface area (Å²) >= 11 is 5.80. The maximum Gasteiger partial charge on any atom is 0.261 e. The molecule has 2 heterocycles. The first kappa shape index (κ1) is 25.1. The first-order chi connectivity index (χ1) is 17.2. The molecule has 0 unspecified atom stereocenters. The van der Waals surface area contributed by atoms with Crippen molar-refractivity contribution in [3.05, 3.63) is 77.7 Å². The molecule has 0 atom stereocenters. The lowest BCUT2D eigenvalue weighted by molar-refractivity contribution is 0.588. The molecule has 0 radical (unpaired) electrons. The van der Waals surface area contributed by atoms with Gasteiger partial charge in [-0.15, -0.1) is 0 Å². The first-order valence-corrected chi connectivity index (χ1v) is 12.4. The lowest BCUT2D eigenvalue weighted by Crippen LogP contribution is -2.15. The Kier molecular flexibility index (Phi) is 7.17. The van der Waals surface area contributed by atoms with Crippen LogP contribution in [0.5, 0.6) is 0 Å². The Balaban J connectivity index is 1.71. The largest absolute Gasteiger partial charge is 0.394 e. The average molecular weight is 532 g/mol. The second kappa shape index (κ2) is 10.3. The minimum Gasteiger partial charge on any atom is -0.394 e. The second-order valence-electron chi connectivity index (χ2n) is 7.38. The van der Waals surface area contributed by atoms with E-state index in [9.17, 15) is 12.8 Å². The fourth-order valence-electron chi connectivity index (χ4n) is 3.30. The van der Waals surface area contributed by atoms with Crippen molar-refractivity contribution in [1.82, 2.24) is 15.0 Å². The molecule has 13 heteroatoms. The molecule has 4 rings (SSSR count). The van der Waals surface area contributed by atoms with Crippen LogP contribution in [0.1, 0.15) is 6.92 Å². The number of halogens is 3. The Hall–Kier alpha value is -4.03. The van der Waals surface area contributed by atoms with E-state index < -0.39 is 33.0 Å². The molecular weight excluding hydrogens is 512 g/mol. The van der Waals surface area contributed by atoms with Gasteiger partial charge in [-0.3, -0.25) is 4.72 Å². The summed E-state index contributed by atoms with van der Waals surface area (Å²) in [6.07, 6.45) is 2.71. The highest BCUT2D eigenvalue weighted by Crippen LogP contribution is 2.36. The van der Waals surface area contributed by atoms with Gasteiger partial charge in [0.15, 0.2) is 11.6 Å². The number of nitrogens with two attached hydrogens (primary N) is 1. The molecule has 5 N–H and O–H groups in total. The molecule has 0 aliphatic heterocycles. The van der Waals surface area contributed by atoms with Crippen molar-refractivity contribution < 1.29 is 17.2 Å². The molecule has 4 aromatic rings. The van der Waals surface area contributed by atoms with Gasteiger partial charge in [-0.05, 0) is 55.5 Å². The third-order valence-electron chi connectivity index (χ3n) is 4.99. The third-order valence-corrected chi connectivity index (χ3v) is 6.63. The van der Waals surface area contributed by atoms with E-state index in [0.29, 0.717) is 22.9 Å². The fourth-order valence-corrected chi connectivity index (χ4v) is 4.48. The number of sulfonamides is 1. The molecule has 0 aliphatic carbocycles. The molecule has 186 valence electrons. The van der Waals surface area contributed by atoms with E-state index in [1.807, 2.05) is 6.92 Å². The predicted octanol–water partition coefficient (Wildman–Crippen LogP) is 5.03. The lowest BCUT2D eigenvalue weighted by atomic mass is 10.1. The summed E-state index contributed by atoms with van der Waals surface area (Å²) in [6, 6.07) is 10.4. The molecule has 2 aromatic carbocycles. The number of aromatic nitrogens is 3. The molecule has 0 aliphatic rings. The average Bonchev–Trinajstić information content (AvgIpc) is 2.86. The summed E-state index contributed by atoms with van der Waals surface area (Å²) in [4.78, 5) is 12.3. The van der Waals surface area contributed by atoms with Crippen LogP contribution in [-0.2, 0) is 10.0 Å². The molecule has 36 heavy (non-hydrogen) atoms. The first-order valence-electron chi connectivity index (χ1n) is 10.5. The van der Waals surface area contributed by atoms with Gasteiger partial charge in [-0.2, -0.15) is 0 Å². The Morgan fingerprint density at radius 1 is 1.00 bits per heavy atom. The molecule has 0 saturated carbocycles. The summed E-state index contributed by atoms with van der Waals surface area (Å²) < 4.78 is 57.6. The Labute approximate surface area is 210 Å². The third kappa shape index (κ3) is 5.14. The quantitative estimate of drug-likeness (QED) is 0.249. The van der Waals surface area contributed by atoms with Gasteiger partial charge < -0.3 is 16.4 Å². The Morgan fingerprint density at radius 2 is 1.75 bits per heavy atom. The Bertz CT molecular complexity index is 1520. The minimum atomic E-state index is -4.18. The van der Waals surface area contributed by atoms with Gasteiger partial charge in [-0.1, -0.05) is 11.6 Å². The number of nitrogen functional groups attached to an aromatic ring is 1. The molecule has 9 nitrogen and oxygen atoms in total. The van der Waals surface area contributed by atoms with Gasteiger partial charge in [0.2, 0.25) is 0 Å². The zero-order chi connectivity index (χ0) is 25.9. The standard InChI is InChI=1S/C23H20ClF2N7O2S/c1-2-28-23-19(27)20(30-12-31-23)15-4-3-11-29-22(15)32-21-16(25)9-10-17(18(21)26)33-36(34,35)14-7-5-13(24)6-8-14/h3-12,33H,2,27H2,1H3,(H,29,32)(H,28,30,31). The number of benzene rings is 2. The van der Waals surface area contributed by atoms with E-state index in [1.165, 1.54) is 36.8 Å². The van der Waals surface area contributed by atoms with Crippen LogP contribution in [0.25, 0.3) is 11.3 Å². The summed E-state index contributed by atoms with van der Waals surface area (Å²) in [7, 11) is -4.18.